The molecule has 5 rings (SSSR count). The third kappa shape index (κ3) is 4.75. The number of hydrogen-bond acceptors (Lipinski definition) is 4. The van der Waals surface area contributed by atoms with Crippen LogP contribution in [-0.4, -0.2) is 6.09 Å². The molecule has 4 aromatic rings. The summed E-state index contributed by atoms with van der Waals surface area (Å²) in [6.45, 7) is 1.86. The number of hydrogen-bond donors (Lipinski definition) is 1. The van der Waals surface area contributed by atoms with Crippen LogP contribution in [0.5, 0.6) is 0 Å². The van der Waals surface area contributed by atoms with Crippen molar-refractivity contribution in [3.8, 4) is 21.6 Å². The lowest BCUT2D eigenvalue weighted by Crippen LogP contribution is -2.15. The van der Waals surface area contributed by atoms with Gasteiger partial charge in [0, 0.05) is 4.88 Å². The van der Waals surface area contributed by atoms with Crippen LogP contribution in [0.4, 0.5) is 10.5 Å². The predicted octanol–water partition coefficient (Wildman–Crippen LogP) is 8.98. The van der Waals surface area contributed by atoms with Crippen LogP contribution in [0.25, 0.3) is 21.6 Å². The molecule has 0 bridgehead atoms. The average molecular weight is 480 g/mol. The van der Waals surface area contributed by atoms with Gasteiger partial charge in [0.1, 0.15) is 6.10 Å². The zero-order chi connectivity index (χ0) is 22.1. The molecule has 1 aliphatic carbocycles. The number of benzene rings is 2. The molecule has 1 N–H and O–H groups in total. The molecule has 1 atom stereocenters. The van der Waals surface area contributed by atoms with E-state index in [9.17, 15) is 4.79 Å². The van der Waals surface area contributed by atoms with Crippen molar-refractivity contribution in [2.75, 3.05) is 5.32 Å². The highest BCUT2D eigenvalue weighted by Crippen LogP contribution is 2.42. The highest BCUT2D eigenvalue weighted by Gasteiger charge is 2.23. The molecule has 3 nitrogen and oxygen atoms in total. The number of thiophene rings is 2. The highest BCUT2D eigenvalue weighted by molar-refractivity contribution is 7.20. The SMILES string of the molecule is C[C@@H](OC(=O)Nc1cc(Cl)sc1-c1ccc(-c2ccc(C3CC3)cc2)cc1)c1cccs1. The molecule has 0 aliphatic heterocycles. The van der Waals surface area contributed by atoms with Crippen molar-refractivity contribution < 1.29 is 9.53 Å². The average Bonchev–Trinajstić information content (AvgIpc) is 3.37. The lowest BCUT2D eigenvalue weighted by molar-refractivity contribution is 0.123. The number of rotatable bonds is 6. The van der Waals surface area contributed by atoms with Crippen LogP contribution in [-0.2, 0) is 4.74 Å². The number of carbonyl (C=O) groups is 1. The summed E-state index contributed by atoms with van der Waals surface area (Å²) in [5.74, 6) is 0.765. The normalized spacial score (nSPS) is 14.2. The van der Waals surface area contributed by atoms with Crippen LogP contribution < -0.4 is 5.32 Å². The van der Waals surface area contributed by atoms with Crippen molar-refractivity contribution >= 4 is 46.1 Å². The van der Waals surface area contributed by atoms with Crippen molar-refractivity contribution in [1.29, 1.82) is 0 Å². The molecule has 0 unspecified atom stereocenters. The van der Waals surface area contributed by atoms with E-state index in [2.05, 4.69) is 53.8 Å². The van der Waals surface area contributed by atoms with E-state index in [0.717, 1.165) is 26.8 Å². The van der Waals surface area contributed by atoms with Gasteiger partial charge in [-0.1, -0.05) is 66.2 Å². The van der Waals surface area contributed by atoms with Crippen LogP contribution in [0.3, 0.4) is 0 Å². The second kappa shape index (κ2) is 9.10. The molecule has 6 heteroatoms. The molecular weight excluding hydrogens is 458 g/mol. The van der Waals surface area contributed by atoms with E-state index in [4.69, 9.17) is 16.3 Å². The Bertz CT molecular complexity index is 1210. The lowest BCUT2D eigenvalue weighted by atomic mass is 10.0. The van der Waals surface area contributed by atoms with Gasteiger partial charge in [-0.25, -0.2) is 4.79 Å². The van der Waals surface area contributed by atoms with E-state index >= 15 is 0 Å². The van der Waals surface area contributed by atoms with Crippen LogP contribution in [0.15, 0.2) is 72.1 Å². The molecule has 0 spiro atoms. The van der Waals surface area contributed by atoms with Crippen molar-refractivity contribution in [2.45, 2.75) is 31.8 Å². The Hall–Kier alpha value is -2.60. The summed E-state index contributed by atoms with van der Waals surface area (Å²) in [6.07, 6.45) is 1.83. The van der Waals surface area contributed by atoms with Gasteiger partial charge in [-0.15, -0.1) is 22.7 Å². The van der Waals surface area contributed by atoms with E-state index in [1.165, 1.54) is 35.3 Å². The molecule has 2 aromatic carbocycles. The Balaban J connectivity index is 1.31. The summed E-state index contributed by atoms with van der Waals surface area (Å²) in [5, 5.41) is 4.83. The third-order valence-electron chi connectivity index (χ3n) is 5.61. The van der Waals surface area contributed by atoms with Crippen LogP contribution in [0, 0.1) is 0 Å². The Morgan fingerprint density at radius 3 is 2.31 bits per heavy atom. The standard InChI is InChI=1S/C26H22ClNO2S2/c1-16(23-3-2-14-31-23)30-26(29)28-22-15-24(27)32-25(22)21-12-10-20(11-13-21)19-8-6-18(7-9-19)17-4-5-17/h2-3,6-17H,4-5H2,1H3,(H,28,29)/t16-/m1/s1. The molecule has 162 valence electrons. The van der Waals surface area contributed by atoms with Gasteiger partial charge in [0.05, 0.1) is 14.9 Å². The number of ether oxygens (including phenoxy) is 1. The molecule has 0 radical (unpaired) electrons. The van der Waals surface area contributed by atoms with E-state index in [0.29, 0.717) is 10.0 Å². The van der Waals surface area contributed by atoms with Gasteiger partial charge in [0.15, 0.2) is 0 Å². The summed E-state index contributed by atoms with van der Waals surface area (Å²) in [5.41, 5.74) is 5.47. The first-order chi connectivity index (χ1) is 15.6. The summed E-state index contributed by atoms with van der Waals surface area (Å²) in [4.78, 5) is 14.4. The fourth-order valence-corrected chi connectivity index (χ4v) is 5.62. The first-order valence-electron chi connectivity index (χ1n) is 10.6. The number of nitrogens with one attached hydrogen (secondary N) is 1. The Kier molecular flexibility index (Phi) is 6.05. The van der Waals surface area contributed by atoms with Gasteiger partial charge in [-0.2, -0.15) is 0 Å². The quantitative estimate of drug-likeness (QED) is 0.299. The topological polar surface area (TPSA) is 38.3 Å². The Labute approximate surface area is 200 Å². The lowest BCUT2D eigenvalue weighted by Gasteiger charge is -2.13. The Morgan fingerprint density at radius 1 is 1.03 bits per heavy atom. The third-order valence-corrected chi connectivity index (χ3v) is 7.95. The minimum absolute atomic E-state index is 0.307. The number of amides is 1. The molecule has 1 saturated carbocycles. The zero-order valence-electron chi connectivity index (χ0n) is 17.5. The minimum Gasteiger partial charge on any atom is -0.441 e. The van der Waals surface area contributed by atoms with E-state index < -0.39 is 6.09 Å². The van der Waals surface area contributed by atoms with Crippen LogP contribution in [0.2, 0.25) is 4.34 Å². The van der Waals surface area contributed by atoms with Gasteiger partial charge in [-0.3, -0.25) is 5.32 Å². The van der Waals surface area contributed by atoms with E-state index in [1.54, 1.807) is 17.4 Å². The van der Waals surface area contributed by atoms with Gasteiger partial charge in [0.25, 0.3) is 0 Å². The first kappa shape index (κ1) is 21.3. The number of halogens is 1. The summed E-state index contributed by atoms with van der Waals surface area (Å²) >= 11 is 9.29. The molecule has 1 amide bonds. The molecule has 0 saturated heterocycles. The minimum atomic E-state index is -0.492. The van der Waals surface area contributed by atoms with Gasteiger partial charge < -0.3 is 4.74 Å². The molecule has 2 heterocycles. The predicted molar refractivity (Wildman–Crippen MR) is 135 cm³/mol. The Morgan fingerprint density at radius 2 is 1.69 bits per heavy atom. The second-order valence-electron chi connectivity index (χ2n) is 7.95. The maximum atomic E-state index is 12.5. The summed E-state index contributed by atoms with van der Waals surface area (Å²) in [7, 11) is 0. The van der Waals surface area contributed by atoms with Crippen molar-refractivity contribution in [3.05, 3.63) is 86.9 Å². The highest BCUT2D eigenvalue weighted by atomic mass is 35.5. The van der Waals surface area contributed by atoms with E-state index in [1.807, 2.05) is 24.4 Å². The molecule has 32 heavy (non-hydrogen) atoms. The van der Waals surface area contributed by atoms with E-state index in [-0.39, 0.29) is 6.10 Å². The molecule has 2 aromatic heterocycles. The molecule has 1 aliphatic rings. The monoisotopic (exact) mass is 479 g/mol. The van der Waals surface area contributed by atoms with Gasteiger partial charge in [0.2, 0.25) is 0 Å². The first-order valence-corrected chi connectivity index (χ1v) is 12.7. The van der Waals surface area contributed by atoms with Crippen LogP contribution >= 0.6 is 34.3 Å². The summed E-state index contributed by atoms with van der Waals surface area (Å²) < 4.78 is 6.14. The molecular formula is C26H22ClNO2S2. The number of carbonyl (C=O) groups excluding carboxylic acids is 1. The fraction of sp³-hybridized carbons (Fsp3) is 0.192. The second-order valence-corrected chi connectivity index (χ2v) is 10.6. The maximum absolute atomic E-state index is 12.5. The zero-order valence-corrected chi connectivity index (χ0v) is 19.9. The van der Waals surface area contributed by atoms with Crippen molar-refractivity contribution in [3.63, 3.8) is 0 Å². The largest absolute Gasteiger partial charge is 0.441 e. The van der Waals surface area contributed by atoms with Crippen molar-refractivity contribution in [2.24, 2.45) is 0 Å². The fourth-order valence-electron chi connectivity index (χ4n) is 3.73. The van der Waals surface area contributed by atoms with Gasteiger partial charge >= 0.3 is 6.09 Å². The smallest absolute Gasteiger partial charge is 0.412 e. The molecule has 1 fully saturated rings. The van der Waals surface area contributed by atoms with Gasteiger partial charge in [-0.05, 0) is 65.4 Å². The summed E-state index contributed by atoms with van der Waals surface area (Å²) in [6, 6.07) is 22.9. The van der Waals surface area contributed by atoms with Crippen LogP contribution in [0.1, 0.15) is 42.2 Å². The number of anilines is 1. The van der Waals surface area contributed by atoms with Crippen molar-refractivity contribution in [1.82, 2.24) is 0 Å². The maximum Gasteiger partial charge on any atom is 0.412 e.